The topological polar surface area (TPSA) is 71.9 Å². The van der Waals surface area contributed by atoms with Crippen LogP contribution in [0.3, 0.4) is 0 Å². The highest BCUT2D eigenvalue weighted by molar-refractivity contribution is 6.36. The standard InChI is InChI=1S/C20H16ClFN4O2/c1-28-17-5-12(4-16(22)8-17)9-23-20(27)26-3-2-13-6-14(7-18(21)19(13)26)15-10-24-25-11-15/h2-8,10-11H,9H2,1H3,(H,23,27)(H,24,25). The van der Waals surface area contributed by atoms with Crippen LogP contribution in [-0.4, -0.2) is 27.9 Å². The van der Waals surface area contributed by atoms with Crippen LogP contribution in [0.15, 0.2) is 55.0 Å². The number of H-pyrrole nitrogens is 1. The Bertz CT molecular complexity index is 1150. The zero-order valence-electron chi connectivity index (χ0n) is 14.9. The van der Waals surface area contributed by atoms with Crippen molar-refractivity contribution in [1.29, 1.82) is 0 Å². The third-order valence-corrected chi connectivity index (χ3v) is 4.69. The first-order valence-electron chi connectivity index (χ1n) is 8.46. The largest absolute Gasteiger partial charge is 0.497 e. The Morgan fingerprint density at radius 2 is 2.14 bits per heavy atom. The molecule has 0 bridgehead atoms. The van der Waals surface area contributed by atoms with E-state index in [-0.39, 0.29) is 12.6 Å². The van der Waals surface area contributed by atoms with E-state index in [1.807, 2.05) is 12.1 Å². The maximum absolute atomic E-state index is 13.6. The lowest BCUT2D eigenvalue weighted by Crippen LogP contribution is -2.27. The fourth-order valence-corrected chi connectivity index (χ4v) is 3.40. The van der Waals surface area contributed by atoms with Crippen LogP contribution in [0.5, 0.6) is 5.75 Å². The molecule has 2 aromatic heterocycles. The summed E-state index contributed by atoms with van der Waals surface area (Å²) in [6.07, 6.45) is 5.13. The van der Waals surface area contributed by atoms with E-state index >= 15 is 0 Å². The number of amides is 1. The molecule has 0 aliphatic rings. The number of hydrogen-bond donors (Lipinski definition) is 2. The number of nitrogens with zero attached hydrogens (tertiary/aromatic N) is 2. The number of fused-ring (bicyclic) bond motifs is 1. The molecule has 142 valence electrons. The Balaban J connectivity index is 1.59. The number of nitrogens with one attached hydrogen (secondary N) is 2. The molecule has 8 heteroatoms. The Morgan fingerprint density at radius 1 is 1.29 bits per heavy atom. The summed E-state index contributed by atoms with van der Waals surface area (Å²) in [4.78, 5) is 12.7. The van der Waals surface area contributed by atoms with Crippen LogP contribution >= 0.6 is 11.6 Å². The van der Waals surface area contributed by atoms with E-state index in [0.717, 1.165) is 16.5 Å². The van der Waals surface area contributed by atoms with Crippen LogP contribution in [0.1, 0.15) is 5.56 Å². The third-order valence-electron chi connectivity index (χ3n) is 4.40. The van der Waals surface area contributed by atoms with Crippen LogP contribution in [0.25, 0.3) is 22.0 Å². The van der Waals surface area contributed by atoms with Gasteiger partial charge < -0.3 is 10.1 Å². The van der Waals surface area contributed by atoms with Crippen molar-refractivity contribution < 1.29 is 13.9 Å². The second kappa shape index (κ2) is 7.36. The third kappa shape index (κ3) is 3.44. The van der Waals surface area contributed by atoms with Crippen LogP contribution in [0.2, 0.25) is 5.02 Å². The van der Waals surface area contributed by atoms with Gasteiger partial charge in [0.05, 0.1) is 23.8 Å². The van der Waals surface area contributed by atoms with Gasteiger partial charge in [-0.25, -0.2) is 9.18 Å². The van der Waals surface area contributed by atoms with Gasteiger partial charge >= 0.3 is 6.03 Å². The van der Waals surface area contributed by atoms with Gasteiger partial charge in [0.25, 0.3) is 0 Å². The number of aromatic nitrogens is 3. The lowest BCUT2D eigenvalue weighted by Gasteiger charge is -2.10. The molecule has 1 amide bonds. The van der Waals surface area contributed by atoms with Gasteiger partial charge in [0.15, 0.2) is 0 Å². The highest BCUT2D eigenvalue weighted by Crippen LogP contribution is 2.31. The second-order valence-corrected chi connectivity index (χ2v) is 6.63. The summed E-state index contributed by atoms with van der Waals surface area (Å²) in [5, 5.41) is 10.7. The predicted octanol–water partition coefficient (Wildman–Crippen LogP) is 4.59. The average Bonchev–Trinajstić information content (AvgIpc) is 3.35. The molecule has 28 heavy (non-hydrogen) atoms. The number of carbonyl (C=O) groups is 1. The highest BCUT2D eigenvalue weighted by atomic mass is 35.5. The number of ether oxygens (including phenoxy) is 1. The quantitative estimate of drug-likeness (QED) is 0.528. The summed E-state index contributed by atoms with van der Waals surface area (Å²) in [5.41, 5.74) is 3.00. The normalized spacial score (nSPS) is 11.0. The zero-order chi connectivity index (χ0) is 19.7. The molecule has 4 rings (SSSR count). The molecule has 0 unspecified atom stereocenters. The van der Waals surface area contributed by atoms with Crippen molar-refractivity contribution >= 4 is 28.5 Å². The SMILES string of the molecule is COc1cc(F)cc(CNC(=O)n2ccc3cc(-c4cn[nH]c4)cc(Cl)c32)c1. The van der Waals surface area contributed by atoms with Gasteiger partial charge in [0.2, 0.25) is 0 Å². The number of halogens is 2. The molecule has 0 aliphatic carbocycles. The molecular formula is C20H16ClFN4O2. The maximum Gasteiger partial charge on any atom is 0.326 e. The summed E-state index contributed by atoms with van der Waals surface area (Å²) in [5.74, 6) is -0.0321. The maximum atomic E-state index is 13.6. The molecule has 0 saturated heterocycles. The van der Waals surface area contributed by atoms with Gasteiger partial charge in [-0.1, -0.05) is 11.6 Å². The fourth-order valence-electron chi connectivity index (χ4n) is 3.08. The van der Waals surface area contributed by atoms with E-state index in [0.29, 0.717) is 21.9 Å². The molecule has 2 heterocycles. The molecule has 6 nitrogen and oxygen atoms in total. The van der Waals surface area contributed by atoms with E-state index in [1.54, 1.807) is 30.7 Å². The van der Waals surface area contributed by atoms with E-state index in [4.69, 9.17) is 16.3 Å². The minimum atomic E-state index is -0.426. The molecule has 0 saturated carbocycles. The van der Waals surface area contributed by atoms with Crippen molar-refractivity contribution in [1.82, 2.24) is 20.1 Å². The molecular weight excluding hydrogens is 383 g/mol. The van der Waals surface area contributed by atoms with Gasteiger partial charge in [-0.15, -0.1) is 0 Å². The molecule has 4 aromatic rings. The number of rotatable bonds is 4. The molecule has 0 spiro atoms. The Kier molecular flexibility index (Phi) is 4.75. The monoisotopic (exact) mass is 398 g/mol. The first-order valence-corrected chi connectivity index (χ1v) is 8.84. The van der Waals surface area contributed by atoms with Crippen LogP contribution in [-0.2, 0) is 6.54 Å². The van der Waals surface area contributed by atoms with Crippen molar-refractivity contribution in [2.75, 3.05) is 7.11 Å². The lowest BCUT2D eigenvalue weighted by molar-refractivity contribution is 0.243. The van der Waals surface area contributed by atoms with Gasteiger partial charge in [0, 0.05) is 36.0 Å². The average molecular weight is 399 g/mol. The van der Waals surface area contributed by atoms with E-state index < -0.39 is 5.82 Å². The predicted molar refractivity (Wildman–Crippen MR) is 105 cm³/mol. The molecule has 0 atom stereocenters. The Labute approximate surface area is 164 Å². The van der Waals surface area contributed by atoms with Crippen molar-refractivity contribution in [3.05, 3.63) is 71.4 Å². The Morgan fingerprint density at radius 3 is 2.89 bits per heavy atom. The van der Waals surface area contributed by atoms with Gasteiger partial charge in [-0.05, 0) is 41.5 Å². The van der Waals surface area contributed by atoms with E-state index in [2.05, 4.69) is 15.5 Å². The van der Waals surface area contributed by atoms with Gasteiger partial charge in [-0.3, -0.25) is 9.67 Å². The summed E-state index contributed by atoms with van der Waals surface area (Å²) in [7, 11) is 1.46. The van der Waals surface area contributed by atoms with Gasteiger partial charge in [-0.2, -0.15) is 5.10 Å². The highest BCUT2D eigenvalue weighted by Gasteiger charge is 2.14. The second-order valence-electron chi connectivity index (χ2n) is 6.23. The number of aromatic amines is 1. The zero-order valence-corrected chi connectivity index (χ0v) is 15.6. The number of hydrogen-bond acceptors (Lipinski definition) is 3. The fraction of sp³-hybridized carbons (Fsp3) is 0.100. The molecule has 0 fully saturated rings. The van der Waals surface area contributed by atoms with Crippen LogP contribution in [0.4, 0.5) is 9.18 Å². The lowest BCUT2D eigenvalue weighted by atomic mass is 10.1. The number of carbonyl (C=O) groups excluding carboxylic acids is 1. The minimum Gasteiger partial charge on any atom is -0.497 e. The van der Waals surface area contributed by atoms with Crippen molar-refractivity contribution in [3.63, 3.8) is 0 Å². The minimum absolute atomic E-state index is 0.150. The Hall–Kier alpha value is -3.32. The summed E-state index contributed by atoms with van der Waals surface area (Å²) in [6, 6.07) is 9.47. The first-order chi connectivity index (χ1) is 13.5. The van der Waals surface area contributed by atoms with Crippen LogP contribution < -0.4 is 10.1 Å². The summed E-state index contributed by atoms with van der Waals surface area (Å²) >= 11 is 6.45. The summed E-state index contributed by atoms with van der Waals surface area (Å²) < 4.78 is 20.1. The van der Waals surface area contributed by atoms with Crippen LogP contribution in [0, 0.1) is 5.82 Å². The summed E-state index contributed by atoms with van der Waals surface area (Å²) in [6.45, 7) is 0.150. The van der Waals surface area contributed by atoms with E-state index in [1.165, 1.54) is 23.8 Å². The number of methoxy groups -OCH3 is 1. The number of benzene rings is 2. The van der Waals surface area contributed by atoms with Gasteiger partial charge in [0.1, 0.15) is 11.6 Å². The first kappa shape index (κ1) is 18.1. The molecule has 2 N–H and O–H groups in total. The van der Waals surface area contributed by atoms with Crippen molar-refractivity contribution in [2.45, 2.75) is 6.54 Å². The molecule has 0 radical (unpaired) electrons. The molecule has 0 aliphatic heterocycles. The van der Waals surface area contributed by atoms with Crippen molar-refractivity contribution in [3.8, 4) is 16.9 Å². The smallest absolute Gasteiger partial charge is 0.326 e. The molecule has 2 aromatic carbocycles. The van der Waals surface area contributed by atoms with Crippen molar-refractivity contribution in [2.24, 2.45) is 0 Å². The van der Waals surface area contributed by atoms with E-state index in [9.17, 15) is 9.18 Å².